The number of carbonyl (C=O) groups excluding carboxylic acids is 2. The zero-order chi connectivity index (χ0) is 18.5. The van der Waals surface area contributed by atoms with Crippen molar-refractivity contribution in [1.82, 2.24) is 10.6 Å². The summed E-state index contributed by atoms with van der Waals surface area (Å²) in [6, 6.07) is 8.10. The van der Waals surface area contributed by atoms with Crippen LogP contribution in [0.2, 0.25) is 0 Å². The molecule has 0 saturated carbocycles. The van der Waals surface area contributed by atoms with Crippen LogP contribution < -0.4 is 15.5 Å². The number of nitrogens with one attached hydrogen (secondary N) is 2. The lowest BCUT2D eigenvalue weighted by atomic mass is 9.96. The number of para-hydroxylation sites is 1. The Hall–Kier alpha value is -1.59. The van der Waals surface area contributed by atoms with Gasteiger partial charge >= 0.3 is 0 Å². The molecular weight excluding hydrogens is 362 g/mol. The maximum Gasteiger partial charge on any atom is 0.227 e. The van der Waals surface area contributed by atoms with Crippen molar-refractivity contribution in [3.8, 4) is 0 Å². The number of piperidine rings is 1. The van der Waals surface area contributed by atoms with Crippen molar-refractivity contribution in [2.45, 2.75) is 45.4 Å². The largest absolute Gasteiger partial charge is 0.355 e. The quantitative estimate of drug-likeness (QED) is 0.780. The summed E-state index contributed by atoms with van der Waals surface area (Å²) in [7, 11) is 0. The second kappa shape index (κ2) is 10.1. The highest BCUT2D eigenvalue weighted by molar-refractivity contribution is 6.00. The first-order valence-corrected chi connectivity index (χ1v) is 9.97. The number of hydrogen-bond donors (Lipinski definition) is 2. The summed E-state index contributed by atoms with van der Waals surface area (Å²) < 4.78 is 0. The molecule has 1 aromatic carbocycles. The highest BCUT2D eigenvalue weighted by Gasteiger charge is 2.36. The molecule has 2 aliphatic heterocycles. The SMILES string of the molecule is CCC(C)c1ccccc1N1CC(C(=O)NCC2CCCNC2)CC1=O.Cl. The summed E-state index contributed by atoms with van der Waals surface area (Å²) in [5.41, 5.74) is 2.16. The maximum absolute atomic E-state index is 12.6. The van der Waals surface area contributed by atoms with Crippen molar-refractivity contribution in [2.24, 2.45) is 11.8 Å². The van der Waals surface area contributed by atoms with E-state index in [9.17, 15) is 9.59 Å². The summed E-state index contributed by atoms with van der Waals surface area (Å²) in [5.74, 6) is 0.731. The van der Waals surface area contributed by atoms with Crippen molar-refractivity contribution < 1.29 is 9.59 Å². The van der Waals surface area contributed by atoms with Crippen LogP contribution in [0.15, 0.2) is 24.3 Å². The third kappa shape index (κ3) is 5.23. The number of anilines is 1. The molecule has 150 valence electrons. The summed E-state index contributed by atoms with van der Waals surface area (Å²) in [4.78, 5) is 27.0. The third-order valence-electron chi connectivity index (χ3n) is 5.83. The smallest absolute Gasteiger partial charge is 0.227 e. The normalized spacial score (nSPS) is 23.6. The fourth-order valence-corrected chi connectivity index (χ4v) is 3.97. The van der Waals surface area contributed by atoms with Gasteiger partial charge in [0, 0.05) is 25.2 Å². The molecule has 0 radical (unpaired) electrons. The van der Waals surface area contributed by atoms with Gasteiger partial charge in [0.15, 0.2) is 0 Å². The van der Waals surface area contributed by atoms with Gasteiger partial charge in [-0.2, -0.15) is 0 Å². The maximum atomic E-state index is 12.6. The summed E-state index contributed by atoms with van der Waals surface area (Å²) in [6.07, 6.45) is 3.66. The van der Waals surface area contributed by atoms with Gasteiger partial charge in [-0.15, -0.1) is 12.4 Å². The van der Waals surface area contributed by atoms with Crippen molar-refractivity contribution >= 4 is 29.9 Å². The van der Waals surface area contributed by atoms with Crippen molar-refractivity contribution in [3.63, 3.8) is 0 Å². The third-order valence-corrected chi connectivity index (χ3v) is 5.83. The number of rotatable bonds is 6. The minimum atomic E-state index is -0.246. The van der Waals surface area contributed by atoms with Crippen LogP contribution in [-0.4, -0.2) is 38.0 Å². The number of nitrogens with zero attached hydrogens (tertiary/aromatic N) is 1. The minimum Gasteiger partial charge on any atom is -0.355 e. The number of amides is 2. The molecule has 6 heteroatoms. The lowest BCUT2D eigenvalue weighted by Gasteiger charge is -2.24. The monoisotopic (exact) mass is 393 g/mol. The highest BCUT2D eigenvalue weighted by atomic mass is 35.5. The Bertz CT molecular complexity index is 646. The molecule has 3 rings (SSSR count). The fourth-order valence-electron chi connectivity index (χ4n) is 3.97. The van der Waals surface area contributed by atoms with Crippen LogP contribution >= 0.6 is 12.4 Å². The first kappa shape index (κ1) is 21.7. The topological polar surface area (TPSA) is 61.4 Å². The van der Waals surface area contributed by atoms with E-state index in [-0.39, 0.29) is 30.1 Å². The van der Waals surface area contributed by atoms with Gasteiger partial charge in [-0.25, -0.2) is 0 Å². The molecule has 3 atom stereocenters. The van der Waals surface area contributed by atoms with Gasteiger partial charge in [0.25, 0.3) is 0 Å². The van der Waals surface area contributed by atoms with Gasteiger partial charge < -0.3 is 15.5 Å². The molecule has 0 aromatic heterocycles. The van der Waals surface area contributed by atoms with Crippen molar-refractivity contribution in [1.29, 1.82) is 0 Å². The molecule has 2 N–H and O–H groups in total. The number of benzene rings is 1. The average molecular weight is 394 g/mol. The molecule has 2 saturated heterocycles. The Kier molecular flexibility index (Phi) is 8.11. The zero-order valence-corrected chi connectivity index (χ0v) is 17.2. The summed E-state index contributed by atoms with van der Waals surface area (Å²) >= 11 is 0. The lowest BCUT2D eigenvalue weighted by Crippen LogP contribution is -2.40. The fraction of sp³-hybridized carbons (Fsp3) is 0.619. The molecule has 3 unspecified atom stereocenters. The summed E-state index contributed by atoms with van der Waals surface area (Å²) in [5, 5.41) is 6.45. The number of hydrogen-bond acceptors (Lipinski definition) is 3. The van der Waals surface area contributed by atoms with Crippen LogP contribution in [0, 0.1) is 11.8 Å². The molecule has 2 fully saturated rings. The Balaban J connectivity index is 0.00000261. The van der Waals surface area contributed by atoms with Crippen LogP contribution in [0.5, 0.6) is 0 Å². The Morgan fingerprint density at radius 1 is 1.37 bits per heavy atom. The van der Waals surface area contributed by atoms with E-state index in [1.165, 1.54) is 12.0 Å². The molecule has 27 heavy (non-hydrogen) atoms. The number of carbonyl (C=O) groups is 2. The molecule has 2 amide bonds. The lowest BCUT2D eigenvalue weighted by molar-refractivity contribution is -0.126. The molecule has 0 bridgehead atoms. The highest BCUT2D eigenvalue weighted by Crippen LogP contribution is 2.33. The van der Waals surface area contributed by atoms with E-state index in [4.69, 9.17) is 0 Å². The predicted molar refractivity (Wildman–Crippen MR) is 111 cm³/mol. The molecule has 0 spiro atoms. The van der Waals surface area contributed by atoms with Crippen LogP contribution in [0.25, 0.3) is 0 Å². The first-order chi connectivity index (χ1) is 12.6. The van der Waals surface area contributed by atoms with E-state index in [0.29, 0.717) is 31.3 Å². The molecular formula is C21H32ClN3O2. The van der Waals surface area contributed by atoms with Gasteiger partial charge in [-0.1, -0.05) is 32.0 Å². The van der Waals surface area contributed by atoms with E-state index in [0.717, 1.165) is 31.6 Å². The van der Waals surface area contributed by atoms with E-state index in [2.05, 4.69) is 30.5 Å². The van der Waals surface area contributed by atoms with Crippen LogP contribution in [0.1, 0.15) is 51.0 Å². The first-order valence-electron chi connectivity index (χ1n) is 9.97. The Morgan fingerprint density at radius 3 is 2.85 bits per heavy atom. The van der Waals surface area contributed by atoms with E-state index >= 15 is 0 Å². The van der Waals surface area contributed by atoms with Gasteiger partial charge in [-0.05, 0) is 55.8 Å². The standard InChI is InChI=1S/C21H31N3O2.ClH/c1-3-15(2)18-8-4-5-9-19(18)24-14-17(11-20(24)25)21(26)23-13-16-7-6-10-22-12-16;/h4-5,8-9,15-17,22H,3,6-7,10-14H2,1-2H3,(H,23,26);1H. The second-order valence-electron chi connectivity index (χ2n) is 7.73. The van der Waals surface area contributed by atoms with E-state index in [1.807, 2.05) is 23.1 Å². The van der Waals surface area contributed by atoms with Crippen LogP contribution in [0.4, 0.5) is 5.69 Å². The molecule has 2 aliphatic rings. The van der Waals surface area contributed by atoms with Gasteiger partial charge in [-0.3, -0.25) is 9.59 Å². The molecule has 2 heterocycles. The molecule has 5 nitrogen and oxygen atoms in total. The van der Waals surface area contributed by atoms with Crippen LogP contribution in [-0.2, 0) is 9.59 Å². The van der Waals surface area contributed by atoms with E-state index in [1.54, 1.807) is 0 Å². The van der Waals surface area contributed by atoms with Crippen LogP contribution in [0.3, 0.4) is 0 Å². The zero-order valence-electron chi connectivity index (χ0n) is 16.4. The van der Waals surface area contributed by atoms with Crippen molar-refractivity contribution in [2.75, 3.05) is 31.1 Å². The predicted octanol–water partition coefficient (Wildman–Crippen LogP) is 3.09. The summed E-state index contributed by atoms with van der Waals surface area (Å²) in [6.45, 7) is 7.58. The van der Waals surface area contributed by atoms with E-state index < -0.39 is 0 Å². The average Bonchev–Trinajstić information content (AvgIpc) is 3.08. The molecule has 0 aliphatic carbocycles. The van der Waals surface area contributed by atoms with Crippen molar-refractivity contribution in [3.05, 3.63) is 29.8 Å². The second-order valence-corrected chi connectivity index (χ2v) is 7.73. The Morgan fingerprint density at radius 2 is 2.15 bits per heavy atom. The van der Waals surface area contributed by atoms with Gasteiger partial charge in [0.1, 0.15) is 0 Å². The number of halogens is 1. The Labute approximate surface area is 168 Å². The van der Waals surface area contributed by atoms with Gasteiger partial charge in [0.05, 0.1) is 5.92 Å². The van der Waals surface area contributed by atoms with Gasteiger partial charge in [0.2, 0.25) is 11.8 Å². The minimum absolute atomic E-state index is 0. The molecule has 1 aromatic rings.